The Kier molecular flexibility index (Phi) is 4.30. The van der Waals surface area contributed by atoms with Crippen LogP contribution in [0.3, 0.4) is 0 Å². The molecule has 148 valence electrons. The number of aromatic nitrogens is 2. The molecule has 8 heteroatoms. The summed E-state index contributed by atoms with van der Waals surface area (Å²) in [6, 6.07) is 6.86. The van der Waals surface area contributed by atoms with Gasteiger partial charge in [-0.25, -0.2) is 8.42 Å². The van der Waals surface area contributed by atoms with Gasteiger partial charge >= 0.3 is 0 Å². The molecule has 2 fully saturated rings. The molecule has 0 aliphatic carbocycles. The predicted molar refractivity (Wildman–Crippen MR) is 109 cm³/mol. The minimum atomic E-state index is -3.58. The van der Waals surface area contributed by atoms with Crippen molar-refractivity contribution in [2.45, 2.75) is 36.6 Å². The molecule has 1 atom stereocenters. The largest absolute Gasteiger partial charge is 0.357 e. The quantitative estimate of drug-likeness (QED) is 0.703. The van der Waals surface area contributed by atoms with Gasteiger partial charge in [-0.3, -0.25) is 4.79 Å². The van der Waals surface area contributed by atoms with Crippen LogP contribution in [0.1, 0.15) is 25.7 Å². The number of sulfonamides is 1. The smallest absolute Gasteiger partial charge is 0.272 e. The lowest BCUT2D eigenvalue weighted by Crippen LogP contribution is -2.42. The molecule has 3 aromatic rings. The molecule has 2 aliphatic rings. The van der Waals surface area contributed by atoms with E-state index in [1.54, 1.807) is 28.7 Å². The van der Waals surface area contributed by atoms with Crippen molar-refractivity contribution in [3.05, 3.63) is 40.8 Å². The van der Waals surface area contributed by atoms with Crippen LogP contribution < -0.4 is 5.56 Å². The zero-order valence-electron chi connectivity index (χ0n) is 15.6. The Hall–Kier alpha value is -2.16. The molecular weight excluding hydrogens is 376 g/mol. The van der Waals surface area contributed by atoms with Crippen molar-refractivity contribution in [3.63, 3.8) is 0 Å². The van der Waals surface area contributed by atoms with Crippen molar-refractivity contribution >= 4 is 31.8 Å². The summed E-state index contributed by atoms with van der Waals surface area (Å²) in [6.45, 7) is 3.53. The monoisotopic (exact) mass is 400 g/mol. The van der Waals surface area contributed by atoms with Crippen molar-refractivity contribution in [2.75, 3.05) is 26.2 Å². The van der Waals surface area contributed by atoms with Gasteiger partial charge in [0.2, 0.25) is 10.0 Å². The van der Waals surface area contributed by atoms with Crippen molar-refractivity contribution in [1.82, 2.24) is 19.2 Å². The van der Waals surface area contributed by atoms with Gasteiger partial charge < -0.3 is 14.9 Å². The van der Waals surface area contributed by atoms with Gasteiger partial charge in [0, 0.05) is 41.6 Å². The van der Waals surface area contributed by atoms with E-state index in [2.05, 4.69) is 14.9 Å². The van der Waals surface area contributed by atoms with Crippen LogP contribution in [0.5, 0.6) is 0 Å². The Morgan fingerprint density at radius 3 is 2.68 bits per heavy atom. The van der Waals surface area contributed by atoms with E-state index in [0.717, 1.165) is 43.2 Å². The zero-order chi connectivity index (χ0) is 19.3. The van der Waals surface area contributed by atoms with Crippen molar-refractivity contribution in [1.29, 1.82) is 0 Å². The second kappa shape index (κ2) is 6.72. The highest BCUT2D eigenvalue weighted by molar-refractivity contribution is 7.89. The molecule has 5 rings (SSSR count). The first-order chi connectivity index (χ1) is 13.5. The summed E-state index contributed by atoms with van der Waals surface area (Å²) >= 11 is 0. The minimum Gasteiger partial charge on any atom is -0.357 e. The van der Waals surface area contributed by atoms with Crippen LogP contribution >= 0.6 is 0 Å². The summed E-state index contributed by atoms with van der Waals surface area (Å²) in [4.78, 5) is 20.6. The third-order valence-corrected chi connectivity index (χ3v) is 8.05. The Morgan fingerprint density at radius 1 is 1.04 bits per heavy atom. The van der Waals surface area contributed by atoms with E-state index in [-0.39, 0.29) is 11.6 Å². The van der Waals surface area contributed by atoms with E-state index in [1.807, 2.05) is 6.07 Å². The molecule has 4 heterocycles. The number of hydrogen-bond donors (Lipinski definition) is 2. The maximum Gasteiger partial charge on any atom is 0.272 e. The Bertz CT molecular complexity index is 1190. The molecule has 2 saturated heterocycles. The van der Waals surface area contributed by atoms with E-state index in [4.69, 9.17) is 0 Å². The topological polar surface area (TPSA) is 89.3 Å². The van der Waals surface area contributed by atoms with Gasteiger partial charge in [-0.1, -0.05) is 0 Å². The molecule has 0 bridgehead atoms. The van der Waals surface area contributed by atoms with Crippen molar-refractivity contribution in [3.8, 4) is 0 Å². The molecule has 0 amide bonds. The lowest BCUT2D eigenvalue weighted by atomic mass is 10.1. The molecule has 2 aliphatic heterocycles. The number of nitrogens with one attached hydrogen (secondary N) is 2. The zero-order valence-corrected chi connectivity index (χ0v) is 16.5. The summed E-state index contributed by atoms with van der Waals surface area (Å²) in [7, 11) is -3.58. The minimum absolute atomic E-state index is 0.0432. The number of benzene rings is 1. The maximum atomic E-state index is 13.4. The van der Waals surface area contributed by atoms with Gasteiger partial charge in [0.05, 0.1) is 4.90 Å². The first kappa shape index (κ1) is 17.9. The van der Waals surface area contributed by atoms with Crippen LogP contribution in [0.15, 0.2) is 40.2 Å². The molecule has 0 spiro atoms. The van der Waals surface area contributed by atoms with Gasteiger partial charge in [-0.2, -0.15) is 4.31 Å². The van der Waals surface area contributed by atoms with Crippen LogP contribution in [-0.4, -0.2) is 59.8 Å². The number of aromatic amines is 2. The second-order valence-corrected chi connectivity index (χ2v) is 9.74. The average Bonchev–Trinajstić information content (AvgIpc) is 3.44. The molecule has 2 N–H and O–H groups in total. The van der Waals surface area contributed by atoms with Gasteiger partial charge in [0.1, 0.15) is 5.52 Å². The van der Waals surface area contributed by atoms with Crippen molar-refractivity contribution < 1.29 is 8.42 Å². The van der Waals surface area contributed by atoms with Gasteiger partial charge in [0.25, 0.3) is 5.56 Å². The normalized spacial score (nSPS) is 21.9. The first-order valence-corrected chi connectivity index (χ1v) is 11.4. The molecule has 1 unspecified atom stereocenters. The number of pyridine rings is 1. The SMILES string of the molecule is O=c1[nH]c2ccc(S(=O)(=O)N3CCCC3CN3CCCC3)cc2c2cc[nH]c12. The number of rotatable bonds is 4. The average molecular weight is 401 g/mol. The van der Waals surface area contributed by atoms with Gasteiger partial charge in [-0.15, -0.1) is 0 Å². The van der Waals surface area contributed by atoms with Crippen LogP contribution in [0.4, 0.5) is 0 Å². The van der Waals surface area contributed by atoms with Crippen molar-refractivity contribution in [2.24, 2.45) is 0 Å². The fourth-order valence-electron chi connectivity index (χ4n) is 4.69. The Morgan fingerprint density at radius 2 is 1.86 bits per heavy atom. The second-order valence-electron chi connectivity index (χ2n) is 7.85. The lowest BCUT2D eigenvalue weighted by molar-refractivity contribution is 0.257. The molecule has 28 heavy (non-hydrogen) atoms. The number of nitrogens with zero attached hydrogens (tertiary/aromatic N) is 2. The van der Waals surface area contributed by atoms with E-state index >= 15 is 0 Å². The summed E-state index contributed by atoms with van der Waals surface area (Å²) in [5.41, 5.74) is 0.912. The number of H-pyrrole nitrogens is 2. The third kappa shape index (κ3) is 2.87. The fraction of sp³-hybridized carbons (Fsp3) is 0.450. The third-order valence-electron chi connectivity index (χ3n) is 6.10. The van der Waals surface area contributed by atoms with E-state index < -0.39 is 10.0 Å². The number of likely N-dealkylation sites (tertiary alicyclic amines) is 1. The van der Waals surface area contributed by atoms with E-state index in [1.165, 1.54) is 12.8 Å². The molecule has 2 aromatic heterocycles. The highest BCUT2D eigenvalue weighted by atomic mass is 32.2. The molecular formula is C20H24N4O3S. The molecule has 7 nitrogen and oxygen atoms in total. The molecule has 0 radical (unpaired) electrons. The highest BCUT2D eigenvalue weighted by Crippen LogP contribution is 2.30. The standard InChI is InChI=1S/C20H24N4O3S/c25-20-19-16(7-8-21-19)17-12-15(5-6-18(17)22-20)28(26,27)24-11-3-4-14(24)13-23-9-1-2-10-23/h5-8,12,14,21H,1-4,9-11,13H2,(H,22,25). The fourth-order valence-corrected chi connectivity index (χ4v) is 6.40. The number of hydrogen-bond acceptors (Lipinski definition) is 4. The predicted octanol–water partition coefficient (Wildman–Crippen LogP) is 2.26. The molecule has 1 aromatic carbocycles. The van der Waals surface area contributed by atoms with Crippen LogP contribution in [0, 0.1) is 0 Å². The number of fused-ring (bicyclic) bond motifs is 3. The Balaban J connectivity index is 1.54. The van der Waals surface area contributed by atoms with Crippen LogP contribution in [0.2, 0.25) is 0 Å². The van der Waals surface area contributed by atoms with E-state index in [9.17, 15) is 13.2 Å². The highest BCUT2D eigenvalue weighted by Gasteiger charge is 2.36. The van der Waals surface area contributed by atoms with Gasteiger partial charge in [0.15, 0.2) is 0 Å². The summed E-state index contributed by atoms with van der Waals surface area (Å²) in [5.74, 6) is 0. The Labute approximate surface area is 163 Å². The van der Waals surface area contributed by atoms with Crippen LogP contribution in [-0.2, 0) is 10.0 Å². The van der Waals surface area contributed by atoms with Gasteiger partial charge in [-0.05, 0) is 63.0 Å². The van der Waals surface area contributed by atoms with Crippen LogP contribution in [0.25, 0.3) is 21.8 Å². The molecule has 0 saturated carbocycles. The lowest BCUT2D eigenvalue weighted by Gasteiger charge is -2.28. The van der Waals surface area contributed by atoms with E-state index in [0.29, 0.717) is 22.5 Å². The first-order valence-electron chi connectivity index (χ1n) is 9.91. The summed E-state index contributed by atoms with van der Waals surface area (Å²) in [5, 5.41) is 1.48. The summed E-state index contributed by atoms with van der Waals surface area (Å²) in [6.07, 6.45) is 5.93. The summed E-state index contributed by atoms with van der Waals surface area (Å²) < 4.78 is 28.5. The maximum absolute atomic E-state index is 13.4.